The Morgan fingerprint density at radius 2 is 1.53 bits per heavy atom. The van der Waals surface area contributed by atoms with Crippen molar-refractivity contribution in [3.05, 3.63) is 59.7 Å². The highest BCUT2D eigenvalue weighted by atomic mass is 16.6. The maximum Gasteiger partial charge on any atom is 0.415 e. The van der Waals surface area contributed by atoms with Crippen molar-refractivity contribution < 1.29 is 38.4 Å². The number of benzene rings is 2. The molecule has 1 amide bonds. The van der Waals surface area contributed by atoms with Crippen molar-refractivity contribution >= 4 is 29.8 Å². The van der Waals surface area contributed by atoms with Crippen LogP contribution in [0, 0.1) is 0 Å². The molecule has 0 saturated carbocycles. The standard InChI is InChI=1S/C28H32N2O8/c1-35-26-15-19(5-9-24(26)37-14-13-31)3-7-22(32)17-23(33)8-4-20-6-10-25(27(16-20)36-2)38-28(34)30-12-11-21(29)18-30/h3-10,15-16,21,31H,11-14,17-18,29H2,1-2H3/b7-3+,8-4+. The number of carbonyl (C=O) groups excluding carboxylic acids is 3. The first-order valence-electron chi connectivity index (χ1n) is 12.1. The van der Waals surface area contributed by atoms with Crippen LogP contribution >= 0.6 is 0 Å². The van der Waals surface area contributed by atoms with Gasteiger partial charge in [-0.15, -0.1) is 0 Å². The van der Waals surface area contributed by atoms with Crippen LogP contribution in [0.25, 0.3) is 12.2 Å². The van der Waals surface area contributed by atoms with Crippen LogP contribution < -0.4 is 24.7 Å². The van der Waals surface area contributed by atoms with Crippen LogP contribution in [-0.2, 0) is 9.59 Å². The van der Waals surface area contributed by atoms with Gasteiger partial charge >= 0.3 is 6.09 Å². The molecule has 2 aromatic rings. The summed E-state index contributed by atoms with van der Waals surface area (Å²) in [5.41, 5.74) is 7.17. The maximum atomic E-state index is 12.3. The van der Waals surface area contributed by atoms with Crippen LogP contribution in [0.4, 0.5) is 4.79 Å². The van der Waals surface area contributed by atoms with Gasteiger partial charge in [-0.3, -0.25) is 9.59 Å². The van der Waals surface area contributed by atoms with Crippen LogP contribution in [0.2, 0.25) is 0 Å². The monoisotopic (exact) mass is 524 g/mol. The third-order valence-corrected chi connectivity index (χ3v) is 5.68. The molecule has 10 nitrogen and oxygen atoms in total. The summed E-state index contributed by atoms with van der Waals surface area (Å²) in [5, 5.41) is 8.90. The van der Waals surface area contributed by atoms with E-state index in [4.69, 9.17) is 29.8 Å². The van der Waals surface area contributed by atoms with Gasteiger partial charge in [0.2, 0.25) is 0 Å². The van der Waals surface area contributed by atoms with Gasteiger partial charge in [0.1, 0.15) is 6.61 Å². The van der Waals surface area contributed by atoms with Crippen LogP contribution in [-0.4, -0.2) is 74.2 Å². The summed E-state index contributed by atoms with van der Waals surface area (Å²) < 4.78 is 21.4. The first-order valence-corrected chi connectivity index (χ1v) is 12.1. The molecule has 0 aliphatic carbocycles. The Labute approximate surface area is 221 Å². The Morgan fingerprint density at radius 1 is 0.947 bits per heavy atom. The van der Waals surface area contributed by atoms with Gasteiger partial charge in [-0.2, -0.15) is 0 Å². The summed E-state index contributed by atoms with van der Waals surface area (Å²) in [6, 6.07) is 9.93. The summed E-state index contributed by atoms with van der Waals surface area (Å²) in [5.74, 6) is 0.795. The van der Waals surface area contributed by atoms with Gasteiger partial charge in [-0.1, -0.05) is 24.3 Å². The average molecular weight is 525 g/mol. The van der Waals surface area contributed by atoms with Gasteiger partial charge in [0, 0.05) is 19.1 Å². The van der Waals surface area contributed by atoms with Crippen molar-refractivity contribution in [2.45, 2.75) is 18.9 Å². The molecule has 0 aromatic heterocycles. The number of nitrogens with two attached hydrogens (primary N) is 1. The van der Waals surface area contributed by atoms with E-state index in [0.29, 0.717) is 41.5 Å². The number of hydrogen-bond donors (Lipinski definition) is 2. The lowest BCUT2D eigenvalue weighted by atomic mass is 10.1. The minimum atomic E-state index is -0.495. The summed E-state index contributed by atoms with van der Waals surface area (Å²) in [6.45, 7) is 1.00. The van der Waals surface area contributed by atoms with Gasteiger partial charge in [0.15, 0.2) is 34.6 Å². The highest BCUT2D eigenvalue weighted by Crippen LogP contribution is 2.30. The van der Waals surface area contributed by atoms with E-state index in [1.807, 2.05) is 0 Å². The first kappa shape index (κ1) is 28.4. The van der Waals surface area contributed by atoms with Crippen LogP contribution in [0.5, 0.6) is 23.0 Å². The average Bonchev–Trinajstić information content (AvgIpc) is 3.36. The lowest BCUT2D eigenvalue weighted by molar-refractivity contribution is -0.121. The van der Waals surface area contributed by atoms with Crippen molar-refractivity contribution in [2.24, 2.45) is 5.73 Å². The molecule has 10 heteroatoms. The summed E-state index contributed by atoms with van der Waals surface area (Å²) >= 11 is 0. The molecule has 1 atom stereocenters. The van der Waals surface area contributed by atoms with Gasteiger partial charge in [-0.25, -0.2) is 4.79 Å². The number of allylic oxidation sites excluding steroid dienone is 2. The lowest BCUT2D eigenvalue weighted by Gasteiger charge is -2.16. The molecule has 0 radical (unpaired) electrons. The van der Waals surface area contributed by atoms with Gasteiger partial charge in [0.05, 0.1) is 27.2 Å². The molecule has 2 aromatic carbocycles. The number of methoxy groups -OCH3 is 2. The predicted molar refractivity (Wildman–Crippen MR) is 141 cm³/mol. The number of amides is 1. The summed E-state index contributed by atoms with van der Waals surface area (Å²) in [4.78, 5) is 38.5. The Balaban J connectivity index is 1.55. The minimum Gasteiger partial charge on any atom is -0.493 e. The fraction of sp³-hybridized carbons (Fsp3) is 0.321. The van der Waals surface area contributed by atoms with Crippen LogP contribution in [0.15, 0.2) is 48.6 Å². The molecule has 38 heavy (non-hydrogen) atoms. The number of rotatable bonds is 12. The number of likely N-dealkylation sites (tertiary alicyclic amines) is 1. The second-order valence-electron chi connectivity index (χ2n) is 8.53. The van der Waals surface area contributed by atoms with E-state index >= 15 is 0 Å². The van der Waals surface area contributed by atoms with Crippen molar-refractivity contribution in [3.8, 4) is 23.0 Å². The Hall–Kier alpha value is -4.15. The molecule has 1 fully saturated rings. The largest absolute Gasteiger partial charge is 0.493 e. The van der Waals surface area contributed by atoms with Crippen LogP contribution in [0.3, 0.4) is 0 Å². The number of ketones is 2. The van der Waals surface area contributed by atoms with Crippen molar-refractivity contribution in [2.75, 3.05) is 40.5 Å². The molecule has 1 unspecified atom stereocenters. The van der Waals surface area contributed by atoms with E-state index in [2.05, 4.69) is 0 Å². The summed E-state index contributed by atoms with van der Waals surface area (Å²) in [7, 11) is 2.94. The molecule has 1 aliphatic heterocycles. The van der Waals surface area contributed by atoms with Crippen molar-refractivity contribution in [1.29, 1.82) is 0 Å². The molecule has 0 spiro atoms. The second-order valence-corrected chi connectivity index (χ2v) is 8.53. The molecule has 202 valence electrons. The lowest BCUT2D eigenvalue weighted by Crippen LogP contribution is -2.34. The molecular weight excluding hydrogens is 492 g/mol. The predicted octanol–water partition coefficient (Wildman–Crippen LogP) is 2.86. The fourth-order valence-electron chi connectivity index (χ4n) is 3.71. The number of aliphatic hydroxyl groups is 1. The number of hydrogen-bond acceptors (Lipinski definition) is 9. The molecule has 3 N–H and O–H groups in total. The third-order valence-electron chi connectivity index (χ3n) is 5.68. The summed E-state index contributed by atoms with van der Waals surface area (Å²) in [6.07, 6.45) is 5.72. The molecule has 1 saturated heterocycles. The molecular formula is C28H32N2O8. The van der Waals surface area contributed by atoms with Gasteiger partial charge in [0.25, 0.3) is 0 Å². The van der Waals surface area contributed by atoms with Crippen LogP contribution in [0.1, 0.15) is 24.0 Å². The Bertz CT molecular complexity index is 1210. The second kappa shape index (κ2) is 14.0. The number of nitrogens with zero attached hydrogens (tertiary/aromatic N) is 1. The molecule has 1 heterocycles. The third kappa shape index (κ3) is 8.19. The van der Waals surface area contributed by atoms with Crippen molar-refractivity contribution in [3.63, 3.8) is 0 Å². The zero-order chi connectivity index (χ0) is 27.5. The van der Waals surface area contributed by atoms with E-state index in [0.717, 1.165) is 6.42 Å². The van der Waals surface area contributed by atoms with E-state index in [1.54, 1.807) is 53.5 Å². The topological polar surface area (TPSA) is 138 Å². The van der Waals surface area contributed by atoms with E-state index in [1.165, 1.54) is 26.4 Å². The molecule has 1 aliphatic rings. The normalized spacial score (nSPS) is 15.2. The maximum absolute atomic E-state index is 12.3. The zero-order valence-electron chi connectivity index (χ0n) is 21.4. The minimum absolute atomic E-state index is 0.0511. The Kier molecular flexibility index (Phi) is 10.4. The zero-order valence-corrected chi connectivity index (χ0v) is 21.4. The molecule has 0 bridgehead atoms. The smallest absolute Gasteiger partial charge is 0.415 e. The number of ether oxygens (including phenoxy) is 4. The number of carbonyl (C=O) groups is 3. The Morgan fingerprint density at radius 3 is 2.05 bits per heavy atom. The highest BCUT2D eigenvalue weighted by Gasteiger charge is 2.25. The number of aliphatic hydroxyl groups excluding tert-OH is 1. The quantitative estimate of drug-likeness (QED) is 0.317. The SMILES string of the molecule is COc1cc(/C=C/C(=O)CC(=O)/C=C/c2ccc(OC(=O)N3CCC(N)C3)c(OC)c2)ccc1OCCO. The highest BCUT2D eigenvalue weighted by molar-refractivity contribution is 6.10. The van der Waals surface area contributed by atoms with Gasteiger partial charge < -0.3 is 34.7 Å². The van der Waals surface area contributed by atoms with E-state index in [9.17, 15) is 14.4 Å². The van der Waals surface area contributed by atoms with E-state index in [-0.39, 0.29) is 43.0 Å². The molecule has 3 rings (SSSR count). The van der Waals surface area contributed by atoms with Gasteiger partial charge in [-0.05, 0) is 54.0 Å². The van der Waals surface area contributed by atoms with E-state index < -0.39 is 6.09 Å². The first-order chi connectivity index (χ1) is 18.3. The van der Waals surface area contributed by atoms with Crippen molar-refractivity contribution in [1.82, 2.24) is 4.90 Å². The fourth-order valence-corrected chi connectivity index (χ4v) is 3.71.